The molecule has 2 aliphatic heterocycles. The number of ether oxygens (including phenoxy) is 2. The summed E-state index contributed by atoms with van der Waals surface area (Å²) in [5.74, 6) is 2.58. The van der Waals surface area contributed by atoms with Crippen LogP contribution >= 0.6 is 0 Å². The zero-order chi connectivity index (χ0) is 18.4. The van der Waals surface area contributed by atoms with Crippen molar-refractivity contribution in [3.63, 3.8) is 0 Å². The summed E-state index contributed by atoms with van der Waals surface area (Å²) in [6, 6.07) is 5.21. The number of hydrogen-bond donors (Lipinski definition) is 1. The van der Waals surface area contributed by atoms with Crippen LogP contribution in [-0.4, -0.2) is 33.1 Å². The van der Waals surface area contributed by atoms with E-state index in [4.69, 9.17) is 9.47 Å². The van der Waals surface area contributed by atoms with Crippen LogP contribution in [0.15, 0.2) is 23.0 Å². The first-order valence-electron chi connectivity index (χ1n) is 9.54. The van der Waals surface area contributed by atoms with Gasteiger partial charge in [0.25, 0.3) is 5.91 Å². The zero-order valence-electron chi connectivity index (χ0n) is 15.0. The van der Waals surface area contributed by atoms with E-state index in [-0.39, 0.29) is 24.4 Å². The smallest absolute Gasteiger partial charge is 0.345 e. The molecule has 0 saturated heterocycles. The Morgan fingerprint density at radius 2 is 2.04 bits per heavy atom. The average Bonchev–Trinajstić information content (AvgIpc) is 3.33. The maximum absolute atomic E-state index is 12.6. The van der Waals surface area contributed by atoms with Crippen molar-refractivity contribution in [2.45, 2.75) is 51.2 Å². The van der Waals surface area contributed by atoms with Crippen molar-refractivity contribution in [2.75, 3.05) is 6.79 Å². The van der Waals surface area contributed by atoms with Gasteiger partial charge >= 0.3 is 5.69 Å². The highest BCUT2D eigenvalue weighted by molar-refractivity contribution is 5.95. The first kappa shape index (κ1) is 16.4. The molecular formula is C19H22N4O4. The number of nitrogens with one attached hydrogen (secondary N) is 1. The molecule has 1 saturated carbocycles. The molecule has 0 bridgehead atoms. The quantitative estimate of drug-likeness (QED) is 0.877. The van der Waals surface area contributed by atoms with Crippen molar-refractivity contribution in [2.24, 2.45) is 5.92 Å². The summed E-state index contributed by atoms with van der Waals surface area (Å²) in [5.41, 5.74) is 0.535. The largest absolute Gasteiger partial charge is 0.454 e. The van der Waals surface area contributed by atoms with Gasteiger partial charge in [-0.05, 0) is 49.8 Å². The molecule has 1 unspecified atom stereocenters. The van der Waals surface area contributed by atoms with E-state index in [1.54, 1.807) is 27.4 Å². The summed E-state index contributed by atoms with van der Waals surface area (Å²) in [6.07, 6.45) is 4.58. The maximum Gasteiger partial charge on any atom is 0.345 e. The van der Waals surface area contributed by atoms with E-state index in [9.17, 15) is 9.59 Å². The second-order valence-corrected chi connectivity index (χ2v) is 7.54. The van der Waals surface area contributed by atoms with Gasteiger partial charge in [0, 0.05) is 31.1 Å². The summed E-state index contributed by atoms with van der Waals surface area (Å²) >= 11 is 0. The summed E-state index contributed by atoms with van der Waals surface area (Å²) in [6.45, 7) is 1.51. The van der Waals surface area contributed by atoms with Crippen molar-refractivity contribution >= 4 is 5.91 Å². The van der Waals surface area contributed by atoms with E-state index < -0.39 is 0 Å². The van der Waals surface area contributed by atoms with E-state index in [2.05, 4.69) is 10.4 Å². The zero-order valence-corrected chi connectivity index (χ0v) is 15.0. The Morgan fingerprint density at radius 3 is 2.89 bits per heavy atom. The molecule has 8 nitrogen and oxygen atoms in total. The molecule has 1 fully saturated rings. The Labute approximate surface area is 156 Å². The molecule has 1 aliphatic carbocycles. The number of aryl methyl sites for hydroxylation is 1. The predicted molar refractivity (Wildman–Crippen MR) is 96.0 cm³/mol. The van der Waals surface area contributed by atoms with E-state index in [1.807, 2.05) is 0 Å². The third kappa shape index (κ3) is 3.20. The molecule has 0 spiro atoms. The molecule has 2 aromatic rings. The van der Waals surface area contributed by atoms with Gasteiger partial charge in [0.1, 0.15) is 5.82 Å². The lowest BCUT2D eigenvalue weighted by molar-refractivity contribution is 0.0932. The summed E-state index contributed by atoms with van der Waals surface area (Å²) in [7, 11) is 0. The van der Waals surface area contributed by atoms with Gasteiger partial charge in [0.2, 0.25) is 6.79 Å². The molecule has 3 heterocycles. The Hall–Kier alpha value is -2.77. The van der Waals surface area contributed by atoms with Crippen LogP contribution in [0.25, 0.3) is 0 Å². The fraction of sp³-hybridized carbons (Fsp3) is 0.526. The fourth-order valence-corrected chi connectivity index (χ4v) is 3.74. The number of hydrogen-bond acceptors (Lipinski definition) is 5. The second kappa shape index (κ2) is 6.44. The lowest BCUT2D eigenvalue weighted by Gasteiger charge is -2.16. The summed E-state index contributed by atoms with van der Waals surface area (Å²) < 4.78 is 14.0. The van der Waals surface area contributed by atoms with Gasteiger partial charge in [-0.15, -0.1) is 0 Å². The van der Waals surface area contributed by atoms with Gasteiger partial charge in [-0.25, -0.2) is 9.48 Å². The van der Waals surface area contributed by atoms with Gasteiger partial charge in [0.15, 0.2) is 11.5 Å². The average molecular weight is 370 g/mol. The number of aromatic nitrogens is 3. The summed E-state index contributed by atoms with van der Waals surface area (Å²) in [5, 5.41) is 7.61. The minimum Gasteiger partial charge on any atom is -0.454 e. The molecule has 3 aliphatic rings. The van der Waals surface area contributed by atoms with E-state index >= 15 is 0 Å². The molecular weight excluding hydrogens is 348 g/mol. The predicted octanol–water partition coefficient (Wildman–Crippen LogP) is 1.32. The SMILES string of the molecule is O=C(NC1CCc2nn(CC3CC3)c(=O)n2CC1)c1ccc2c(c1)OCO2. The molecule has 5 rings (SSSR count). The molecule has 0 radical (unpaired) electrons. The van der Waals surface area contributed by atoms with Crippen LogP contribution in [0, 0.1) is 5.92 Å². The molecule has 1 N–H and O–H groups in total. The van der Waals surface area contributed by atoms with E-state index in [0.717, 1.165) is 25.2 Å². The first-order chi connectivity index (χ1) is 13.2. The van der Waals surface area contributed by atoms with Crippen molar-refractivity contribution in [3.05, 3.63) is 40.1 Å². The summed E-state index contributed by atoms with van der Waals surface area (Å²) in [4.78, 5) is 25.1. The molecule has 27 heavy (non-hydrogen) atoms. The number of rotatable bonds is 4. The topological polar surface area (TPSA) is 87.4 Å². The van der Waals surface area contributed by atoms with Crippen LogP contribution in [0.4, 0.5) is 0 Å². The van der Waals surface area contributed by atoms with Gasteiger partial charge in [-0.2, -0.15) is 5.10 Å². The molecule has 1 aromatic heterocycles. The number of amides is 1. The number of carbonyl (C=O) groups is 1. The highest BCUT2D eigenvalue weighted by Crippen LogP contribution is 2.32. The van der Waals surface area contributed by atoms with Crippen molar-refractivity contribution in [1.29, 1.82) is 0 Å². The van der Waals surface area contributed by atoms with Crippen molar-refractivity contribution in [3.8, 4) is 11.5 Å². The van der Waals surface area contributed by atoms with Crippen LogP contribution < -0.4 is 20.5 Å². The Balaban J connectivity index is 1.25. The third-order valence-electron chi connectivity index (χ3n) is 5.52. The Kier molecular flexibility index (Phi) is 3.91. The minimum absolute atomic E-state index is 0.0142. The van der Waals surface area contributed by atoms with Gasteiger partial charge < -0.3 is 14.8 Å². The Bertz CT molecular complexity index is 944. The highest BCUT2D eigenvalue weighted by Gasteiger charge is 2.27. The van der Waals surface area contributed by atoms with Crippen molar-refractivity contribution in [1.82, 2.24) is 19.7 Å². The van der Waals surface area contributed by atoms with E-state index in [1.165, 1.54) is 12.8 Å². The monoisotopic (exact) mass is 370 g/mol. The van der Waals surface area contributed by atoms with Crippen LogP contribution in [0.3, 0.4) is 0 Å². The number of benzene rings is 1. The van der Waals surface area contributed by atoms with E-state index in [0.29, 0.717) is 35.9 Å². The number of fused-ring (bicyclic) bond motifs is 2. The van der Waals surface area contributed by atoms with Gasteiger partial charge in [-0.1, -0.05) is 0 Å². The second-order valence-electron chi connectivity index (χ2n) is 7.54. The molecule has 1 amide bonds. The van der Waals surface area contributed by atoms with Crippen LogP contribution in [-0.2, 0) is 19.5 Å². The van der Waals surface area contributed by atoms with Crippen LogP contribution in [0.5, 0.6) is 11.5 Å². The van der Waals surface area contributed by atoms with Crippen LogP contribution in [0.2, 0.25) is 0 Å². The highest BCUT2D eigenvalue weighted by atomic mass is 16.7. The molecule has 8 heteroatoms. The number of carbonyl (C=O) groups excluding carboxylic acids is 1. The van der Waals surface area contributed by atoms with Crippen LogP contribution in [0.1, 0.15) is 41.9 Å². The normalized spacial score (nSPS) is 20.8. The molecule has 1 atom stereocenters. The first-order valence-corrected chi connectivity index (χ1v) is 9.54. The number of nitrogens with zero attached hydrogens (tertiary/aromatic N) is 3. The standard InChI is InChI=1S/C19H22N4O4/c24-18(13-3-5-15-16(9-13)27-11-26-15)20-14-4-6-17-21-23(10-12-1-2-12)19(25)22(17)8-7-14/h3,5,9,12,14H,1-2,4,6-8,10-11H2,(H,20,24). The lowest BCUT2D eigenvalue weighted by Crippen LogP contribution is -2.35. The maximum atomic E-state index is 12.6. The third-order valence-corrected chi connectivity index (χ3v) is 5.52. The fourth-order valence-electron chi connectivity index (χ4n) is 3.74. The molecule has 142 valence electrons. The lowest BCUT2D eigenvalue weighted by atomic mass is 10.1. The Morgan fingerprint density at radius 1 is 1.19 bits per heavy atom. The molecule has 1 aromatic carbocycles. The van der Waals surface area contributed by atoms with Crippen molar-refractivity contribution < 1.29 is 14.3 Å². The minimum atomic E-state index is -0.135. The van der Waals surface area contributed by atoms with Gasteiger partial charge in [-0.3, -0.25) is 9.36 Å². The van der Waals surface area contributed by atoms with Gasteiger partial charge in [0.05, 0.1) is 0 Å².